The first kappa shape index (κ1) is 155. The molecule has 0 aromatic rings. The van der Waals surface area contributed by atoms with Gasteiger partial charge in [-0.2, -0.15) is 0 Å². The number of aliphatic hydroxyl groups is 6. The Morgan fingerprint density at radius 3 is 0.265 bits per heavy atom. The van der Waals surface area contributed by atoms with Gasteiger partial charge in [-0.3, -0.25) is 28.8 Å². The van der Waals surface area contributed by atoms with Crippen molar-refractivity contribution in [1.29, 1.82) is 0 Å². The molecule has 0 aliphatic carbocycles. The molecule has 6 atom stereocenters. The Morgan fingerprint density at radius 1 is 0.121 bits per heavy atom. The molecule has 0 aromatic carbocycles. The molecule has 12 heteroatoms. The van der Waals surface area contributed by atoms with Gasteiger partial charge in [-0.1, -0.05) is 332 Å². The summed E-state index contributed by atoms with van der Waals surface area (Å²) in [6, 6.07) is 0. The normalized spacial score (nSPS) is 12.8. The average molecular weight is 1890 g/mol. The van der Waals surface area contributed by atoms with E-state index in [4.69, 9.17) is 0 Å². The lowest BCUT2D eigenvalue weighted by atomic mass is 9.99. The first-order valence-electron chi connectivity index (χ1n) is 55.4. The monoisotopic (exact) mass is 1890 g/mol. The van der Waals surface area contributed by atoms with Gasteiger partial charge in [0.1, 0.15) is 34.7 Å². The van der Waals surface area contributed by atoms with Crippen LogP contribution in [0.2, 0.25) is 0 Å². The number of hydrogen-bond acceptors (Lipinski definition) is 12. The number of rotatable bonds is 60. The minimum Gasteiger partial charge on any atom is -0.393 e. The molecule has 0 aliphatic heterocycles. The molecule has 0 aromatic heterocycles. The van der Waals surface area contributed by atoms with Crippen LogP contribution >= 0.6 is 0 Å². The van der Waals surface area contributed by atoms with E-state index < -0.39 is 0 Å². The van der Waals surface area contributed by atoms with Crippen LogP contribution in [0.3, 0.4) is 0 Å². The number of carbonyl (C=O) groups is 6. The summed E-state index contributed by atoms with van der Waals surface area (Å²) >= 11 is 0. The van der Waals surface area contributed by atoms with Crippen molar-refractivity contribution >= 4 is 34.7 Å². The maximum Gasteiger partial charge on any atom is 0.133 e. The summed E-state index contributed by atoms with van der Waals surface area (Å²) in [5.41, 5.74) is 0. The third kappa shape index (κ3) is 184. The van der Waals surface area contributed by atoms with Crippen LogP contribution in [-0.4, -0.2) is 102 Å². The molecule has 6 N–H and O–H groups in total. The molecular formula is C120H252O12. The summed E-state index contributed by atoms with van der Waals surface area (Å²) in [4.78, 5) is 66.9. The van der Waals surface area contributed by atoms with Gasteiger partial charge >= 0.3 is 0 Å². The van der Waals surface area contributed by atoms with Crippen LogP contribution < -0.4 is 0 Å². The Balaban J connectivity index is -0.000000119. The van der Waals surface area contributed by atoms with Crippen molar-refractivity contribution in [1.82, 2.24) is 0 Å². The maximum absolute atomic E-state index is 11.2. The zero-order valence-corrected chi connectivity index (χ0v) is 98.9. The molecule has 0 saturated heterocycles. The Kier molecular flexibility index (Phi) is 123. The first-order valence-corrected chi connectivity index (χ1v) is 55.4. The zero-order chi connectivity index (χ0) is 106. The van der Waals surface area contributed by atoms with Gasteiger partial charge in [0.05, 0.1) is 36.6 Å². The van der Waals surface area contributed by atoms with Crippen molar-refractivity contribution in [3.63, 3.8) is 0 Å². The molecule has 0 heterocycles. The number of aliphatic hydroxyl groups excluding tert-OH is 6. The Labute approximate surface area is 831 Å². The van der Waals surface area contributed by atoms with E-state index in [0.29, 0.717) is 141 Å². The van der Waals surface area contributed by atoms with E-state index in [-0.39, 0.29) is 36.6 Å². The van der Waals surface area contributed by atoms with Gasteiger partial charge in [0.2, 0.25) is 0 Å². The van der Waals surface area contributed by atoms with Crippen molar-refractivity contribution in [2.75, 3.05) is 0 Å². The molecule has 12 nitrogen and oxygen atoms in total. The quantitative estimate of drug-likeness (QED) is 0.0335. The highest BCUT2D eigenvalue weighted by Gasteiger charge is 2.16. The predicted octanol–water partition coefficient (Wildman–Crippen LogP) is 35.2. The SMILES string of the molecule is CC(C)CCC(=O)CC(C)C.CC(C)CCC(=O)CC(C)C.CC(C)CCC(=O)CC(C)C.CC(C)CCC(=O)CC(C)C.CC(C)CCC(=O)CC(C)C.CC(C)CCC(=O)CC(C)C.CC(C)CCC(O)CC(C)C.CC(C)CCC(O)CC(C)C.CC(C)CCC(O)CC(C)C.CC(C)CCC(O)CC(C)C.CC(C)CCC(O)CC(C)C.CC(C)CCC(O)CC(C)C. The summed E-state index contributed by atoms with van der Waals surface area (Å²) < 4.78 is 0. The topological polar surface area (TPSA) is 224 Å². The van der Waals surface area contributed by atoms with Crippen molar-refractivity contribution in [2.24, 2.45) is 142 Å². The molecule has 0 aliphatic rings. The summed E-state index contributed by atoms with van der Waals surface area (Å²) in [6.07, 6.45) is 33.4. The van der Waals surface area contributed by atoms with Gasteiger partial charge < -0.3 is 30.6 Å². The van der Waals surface area contributed by atoms with Crippen LogP contribution in [-0.2, 0) is 28.8 Å². The minimum absolute atomic E-state index is 0.0719. The average Bonchev–Trinajstić information content (AvgIpc) is 1.09. The minimum atomic E-state index is -0.0719. The lowest BCUT2D eigenvalue weighted by Gasteiger charge is -2.13. The lowest BCUT2D eigenvalue weighted by Crippen LogP contribution is -2.10. The van der Waals surface area contributed by atoms with E-state index in [1.54, 1.807) is 0 Å². The number of hydrogen-bond donors (Lipinski definition) is 6. The van der Waals surface area contributed by atoms with E-state index in [2.05, 4.69) is 332 Å². The summed E-state index contributed by atoms with van der Waals surface area (Å²) in [5.74, 6) is 17.7. The molecule has 132 heavy (non-hydrogen) atoms. The summed E-state index contributed by atoms with van der Waals surface area (Å²) in [6.45, 7) is 103. The van der Waals surface area contributed by atoms with Gasteiger partial charge in [-0.25, -0.2) is 0 Å². The molecule has 804 valence electrons. The van der Waals surface area contributed by atoms with Crippen molar-refractivity contribution in [3.8, 4) is 0 Å². The third-order valence-corrected chi connectivity index (χ3v) is 20.7. The van der Waals surface area contributed by atoms with Crippen molar-refractivity contribution in [3.05, 3.63) is 0 Å². The van der Waals surface area contributed by atoms with Crippen LogP contribution in [0, 0.1) is 142 Å². The van der Waals surface area contributed by atoms with Gasteiger partial charge in [0.25, 0.3) is 0 Å². The van der Waals surface area contributed by atoms with Crippen molar-refractivity contribution in [2.45, 2.75) is 600 Å². The fourth-order valence-electron chi connectivity index (χ4n) is 13.2. The largest absolute Gasteiger partial charge is 0.393 e. The molecule has 0 radical (unpaired) electrons. The highest BCUT2D eigenvalue weighted by Crippen LogP contribution is 2.21. The fraction of sp³-hybridized carbons (Fsp3) is 0.950. The van der Waals surface area contributed by atoms with Crippen molar-refractivity contribution < 1.29 is 59.4 Å². The molecule has 0 fully saturated rings. The number of ketones is 6. The first-order chi connectivity index (χ1) is 60.2. The second-order valence-corrected chi connectivity index (χ2v) is 49.9. The van der Waals surface area contributed by atoms with E-state index in [9.17, 15) is 59.4 Å². The molecule has 0 saturated carbocycles. The van der Waals surface area contributed by atoms with E-state index in [0.717, 1.165) is 267 Å². The van der Waals surface area contributed by atoms with Crippen LogP contribution in [0.1, 0.15) is 563 Å². The fourth-order valence-corrected chi connectivity index (χ4v) is 13.2. The third-order valence-electron chi connectivity index (χ3n) is 20.7. The van der Waals surface area contributed by atoms with Gasteiger partial charge in [0.15, 0.2) is 0 Å². The zero-order valence-electron chi connectivity index (χ0n) is 98.9. The lowest BCUT2D eigenvalue weighted by molar-refractivity contribution is -0.120. The second kappa shape index (κ2) is 105. The standard InChI is InChI=1S/6C10H22O.6C10H20O/c12*1-8(2)5-6-10(11)7-9(3)4/h6*8-11H,5-7H2,1-4H3;6*8-9H,5-7H2,1-4H3. The van der Waals surface area contributed by atoms with E-state index >= 15 is 0 Å². The Bertz CT molecular complexity index is 1950. The van der Waals surface area contributed by atoms with Crippen LogP contribution in [0.4, 0.5) is 0 Å². The van der Waals surface area contributed by atoms with E-state index in [1.165, 1.54) is 0 Å². The second-order valence-electron chi connectivity index (χ2n) is 49.9. The van der Waals surface area contributed by atoms with Crippen LogP contribution in [0.25, 0.3) is 0 Å². The maximum atomic E-state index is 11.2. The molecule has 0 bridgehead atoms. The van der Waals surface area contributed by atoms with Crippen LogP contribution in [0.5, 0.6) is 0 Å². The Hall–Kier alpha value is -2.22. The predicted molar refractivity (Wildman–Crippen MR) is 588 cm³/mol. The highest BCUT2D eigenvalue weighted by molar-refractivity contribution is 5.80. The summed E-state index contributed by atoms with van der Waals surface area (Å²) in [7, 11) is 0. The summed E-state index contributed by atoms with van der Waals surface area (Å²) in [5, 5.41) is 56.8. The van der Waals surface area contributed by atoms with Gasteiger partial charge in [-0.05, 0) is 296 Å². The molecule has 0 rings (SSSR count). The molecule has 0 amide bonds. The molecule has 0 spiro atoms. The smallest absolute Gasteiger partial charge is 0.133 e. The van der Waals surface area contributed by atoms with Gasteiger partial charge in [0, 0.05) is 77.0 Å². The Morgan fingerprint density at radius 2 is 0.205 bits per heavy atom. The highest BCUT2D eigenvalue weighted by atomic mass is 16.3. The molecular weight excluding hydrogens is 1630 g/mol. The van der Waals surface area contributed by atoms with Crippen LogP contribution in [0.15, 0.2) is 0 Å². The van der Waals surface area contributed by atoms with E-state index in [1.807, 2.05) is 0 Å². The number of Topliss-reactive ketones (excluding diaryl/α,β-unsaturated/α-hetero) is 6. The number of carbonyl (C=O) groups excluding carboxylic acids is 6. The van der Waals surface area contributed by atoms with Gasteiger partial charge in [-0.15, -0.1) is 0 Å². The molecule has 6 unspecified atom stereocenters.